The van der Waals surface area contributed by atoms with Gasteiger partial charge in [0.1, 0.15) is 5.82 Å². The molecule has 6 aromatic carbocycles. The van der Waals surface area contributed by atoms with Crippen LogP contribution in [0.25, 0.3) is 113 Å². The van der Waals surface area contributed by atoms with E-state index in [1.165, 1.54) is 0 Å². The number of nitrogens with one attached hydrogen (secondary N) is 1. The van der Waals surface area contributed by atoms with Crippen LogP contribution in [0.3, 0.4) is 0 Å². The summed E-state index contributed by atoms with van der Waals surface area (Å²) in [6.45, 7) is 0. The molecule has 6 heterocycles. The first-order chi connectivity index (χ1) is 32.2. The molecule has 2 aliphatic heterocycles. The summed E-state index contributed by atoms with van der Waals surface area (Å²) in [5, 5.41) is 0. The van der Waals surface area contributed by atoms with E-state index in [1.807, 2.05) is 36.4 Å². The van der Waals surface area contributed by atoms with Gasteiger partial charge in [-0.1, -0.05) is 206 Å². The summed E-state index contributed by atoms with van der Waals surface area (Å²) in [5.74, 6) is 0.697. The predicted octanol–water partition coefficient (Wildman–Crippen LogP) is 14.1. The van der Waals surface area contributed by atoms with Crippen LogP contribution in [0.15, 0.2) is 206 Å². The minimum atomic E-state index is 0. The number of nitrogens with zero attached hydrogens (tertiary/aromatic N) is 5. The van der Waals surface area contributed by atoms with Crippen LogP contribution < -0.4 is 9.97 Å². The second-order valence-electron chi connectivity index (χ2n) is 16.1. The number of imidazole rings is 1. The van der Waals surface area contributed by atoms with Gasteiger partial charge in [-0.25, -0.2) is 15.0 Å². The van der Waals surface area contributed by atoms with Gasteiger partial charge in [0, 0.05) is 16.7 Å². The van der Waals surface area contributed by atoms with E-state index in [9.17, 15) is 0 Å². The SMILES string of the molecule is C1=Cc2nc1c(-c1ccccc1)c1ccc([n-]1)c(-c1ccccc1)c1nc(c(-c3ccccc3)c3ccc([n-]3)c2-c2ccccc2)C(c2nc(-c3ccccc3)c(-c3ccccc3)[nH]2)=C1.[Zn+2]. The molecule has 10 aromatic rings. The largest absolute Gasteiger partial charge is 2.00 e. The van der Waals surface area contributed by atoms with E-state index in [-0.39, 0.29) is 19.5 Å². The molecule has 0 saturated heterocycles. The molecule has 0 spiro atoms. The fraction of sp³-hybridized carbons (Fsp3) is 0. The van der Waals surface area contributed by atoms with Crippen molar-refractivity contribution in [3.63, 3.8) is 0 Å². The number of H-pyrrole nitrogens is 1. The van der Waals surface area contributed by atoms with Crippen molar-refractivity contribution in [2.24, 2.45) is 0 Å². The normalized spacial score (nSPS) is 11.8. The Morgan fingerprint density at radius 3 is 1.12 bits per heavy atom. The summed E-state index contributed by atoms with van der Waals surface area (Å²) >= 11 is 0. The minimum Gasteiger partial charge on any atom is -0.657 e. The average molecular weight is 896 g/mol. The molecule has 66 heavy (non-hydrogen) atoms. The van der Waals surface area contributed by atoms with Crippen molar-refractivity contribution in [3.8, 4) is 67.0 Å². The summed E-state index contributed by atoms with van der Waals surface area (Å²) in [6.07, 6.45) is 6.38. The molecule has 4 aromatic heterocycles. The Balaban J connectivity index is 0.00000481. The Hall–Kier alpha value is -8.25. The first-order valence-electron chi connectivity index (χ1n) is 21.8. The van der Waals surface area contributed by atoms with Gasteiger partial charge in [0.05, 0.1) is 34.2 Å². The molecule has 8 bridgehead atoms. The van der Waals surface area contributed by atoms with Gasteiger partial charge >= 0.3 is 19.5 Å². The Morgan fingerprint density at radius 1 is 0.318 bits per heavy atom. The van der Waals surface area contributed by atoms with Crippen molar-refractivity contribution < 1.29 is 19.5 Å². The third-order valence-electron chi connectivity index (χ3n) is 12.0. The molecule has 6 nitrogen and oxygen atoms in total. The molecular weight excluding hydrogens is 858 g/mol. The van der Waals surface area contributed by atoms with E-state index >= 15 is 0 Å². The average Bonchev–Trinajstić information content (AvgIpc) is 4.24. The summed E-state index contributed by atoms with van der Waals surface area (Å²) < 4.78 is 0. The smallest absolute Gasteiger partial charge is 0.657 e. The zero-order chi connectivity index (χ0) is 43.1. The molecule has 7 heteroatoms. The molecule has 0 atom stereocenters. The maximum Gasteiger partial charge on any atom is 2.00 e. The Kier molecular flexibility index (Phi) is 10.7. The van der Waals surface area contributed by atoms with E-state index in [0.717, 1.165) is 117 Å². The van der Waals surface area contributed by atoms with Crippen LogP contribution in [0.4, 0.5) is 0 Å². The summed E-state index contributed by atoms with van der Waals surface area (Å²) in [4.78, 5) is 31.4. The second kappa shape index (κ2) is 17.4. The van der Waals surface area contributed by atoms with Gasteiger partial charge in [0.25, 0.3) is 0 Å². The molecule has 306 valence electrons. The maximum atomic E-state index is 5.71. The first-order valence-corrected chi connectivity index (χ1v) is 21.8. The number of benzene rings is 6. The topological polar surface area (TPSA) is 82.7 Å². The van der Waals surface area contributed by atoms with Crippen molar-refractivity contribution in [2.75, 3.05) is 0 Å². The van der Waals surface area contributed by atoms with Gasteiger partial charge in [-0.3, -0.25) is 0 Å². The zero-order valence-electron chi connectivity index (χ0n) is 35.8. The van der Waals surface area contributed by atoms with Gasteiger partial charge in [0.2, 0.25) is 0 Å². The summed E-state index contributed by atoms with van der Waals surface area (Å²) in [6, 6.07) is 70.9. The molecule has 0 amide bonds. The first kappa shape index (κ1) is 40.5. The van der Waals surface area contributed by atoms with E-state index in [4.69, 9.17) is 24.9 Å². The number of rotatable bonds is 7. The Bertz CT molecular complexity index is 3550. The molecule has 0 saturated carbocycles. The van der Waals surface area contributed by atoms with Crippen molar-refractivity contribution in [3.05, 3.63) is 235 Å². The van der Waals surface area contributed by atoms with Crippen molar-refractivity contribution in [2.45, 2.75) is 0 Å². The van der Waals surface area contributed by atoms with E-state index in [1.54, 1.807) is 0 Å². The number of hydrogen-bond acceptors (Lipinski definition) is 3. The zero-order valence-corrected chi connectivity index (χ0v) is 38.8. The van der Waals surface area contributed by atoms with Gasteiger partial charge in [-0.05, 0) is 62.7 Å². The number of hydrogen-bond donors (Lipinski definition) is 1. The molecule has 1 N–H and O–H groups in total. The number of aromatic amines is 1. The molecule has 12 rings (SSSR count). The van der Waals surface area contributed by atoms with Gasteiger partial charge in [-0.2, -0.15) is 0 Å². The summed E-state index contributed by atoms with van der Waals surface area (Å²) in [7, 11) is 0. The van der Waals surface area contributed by atoms with Crippen LogP contribution in [-0.2, 0) is 19.5 Å². The standard InChI is InChI=1S/C59H38N6.Zn/c1-7-19-38(20-8-1)52-45-31-32-46(60-45)53(39-21-9-2-10-22-39)48-35-36-50(62-48)55(41-25-13-4-14-26-41)58-44(37-51(63-58)54(40-23-11-3-12-24-40)49-34-33-47(52)61-49)59-64-56(42-27-15-5-16-28-42)57(65-59)43-29-17-6-18-30-43;/h1-37H,(H,64,65);/q-2;+2. The molecule has 0 fully saturated rings. The number of aromatic nitrogens is 6. The van der Waals surface area contributed by atoms with Crippen LogP contribution in [-0.4, -0.2) is 19.9 Å². The van der Waals surface area contributed by atoms with Crippen molar-refractivity contribution in [1.82, 2.24) is 29.9 Å². The van der Waals surface area contributed by atoms with Crippen molar-refractivity contribution in [1.29, 1.82) is 0 Å². The predicted molar refractivity (Wildman–Crippen MR) is 266 cm³/mol. The van der Waals surface area contributed by atoms with E-state index in [2.05, 4.69) is 193 Å². The van der Waals surface area contributed by atoms with Gasteiger partial charge in [0.15, 0.2) is 0 Å². The minimum absolute atomic E-state index is 0. The fourth-order valence-electron chi connectivity index (χ4n) is 9.06. The van der Waals surface area contributed by atoms with Crippen LogP contribution >= 0.6 is 0 Å². The Morgan fingerprint density at radius 2 is 0.682 bits per heavy atom. The molecule has 0 unspecified atom stereocenters. The summed E-state index contributed by atoms with van der Waals surface area (Å²) in [5.41, 5.74) is 18.8. The van der Waals surface area contributed by atoms with E-state index < -0.39 is 0 Å². The fourth-order valence-corrected chi connectivity index (χ4v) is 9.06. The van der Waals surface area contributed by atoms with Crippen LogP contribution in [0.5, 0.6) is 0 Å². The molecule has 0 radical (unpaired) electrons. The Labute approximate surface area is 395 Å². The maximum absolute atomic E-state index is 5.71. The molecule has 0 aliphatic carbocycles. The van der Waals surface area contributed by atoms with Crippen LogP contribution in [0, 0.1) is 0 Å². The quantitative estimate of drug-likeness (QED) is 0.161. The monoisotopic (exact) mass is 894 g/mol. The van der Waals surface area contributed by atoms with Crippen LogP contribution in [0.2, 0.25) is 0 Å². The van der Waals surface area contributed by atoms with Gasteiger partial charge in [-0.15, -0.1) is 22.1 Å². The third-order valence-corrected chi connectivity index (χ3v) is 12.0. The third kappa shape index (κ3) is 7.35. The van der Waals surface area contributed by atoms with Crippen LogP contribution in [0.1, 0.15) is 28.6 Å². The molecule has 2 aliphatic rings. The second-order valence-corrected chi connectivity index (χ2v) is 16.1. The number of fused-ring (bicyclic) bond motifs is 8. The van der Waals surface area contributed by atoms with E-state index in [0.29, 0.717) is 5.82 Å². The van der Waals surface area contributed by atoms with Gasteiger partial charge < -0.3 is 15.0 Å². The van der Waals surface area contributed by atoms with Crippen molar-refractivity contribution >= 4 is 45.9 Å². The molecular formula is C59H38N6Zn.